The van der Waals surface area contributed by atoms with E-state index in [1.807, 2.05) is 48.5 Å². The molecular formula is C19H27BFNO5. The highest BCUT2D eigenvalue weighted by Gasteiger charge is 2.54. The van der Waals surface area contributed by atoms with E-state index in [9.17, 15) is 9.59 Å². The highest BCUT2D eigenvalue weighted by Crippen LogP contribution is 2.41. The number of carbonyl (C=O) groups is 1. The second-order valence-electron chi connectivity index (χ2n) is 8.82. The van der Waals surface area contributed by atoms with E-state index >= 15 is 4.39 Å². The normalized spacial score (nSPS) is 19.8. The molecule has 1 aliphatic rings. The predicted molar refractivity (Wildman–Crippen MR) is 101 cm³/mol. The SMILES string of the molecule is CC(C)(C)C(Cn1cccc(C(=O)O)c1=O)=C(F)B1OC(C)(C)C(C)(C)O1. The predicted octanol–water partition coefficient (Wildman–Crippen LogP) is 3.45. The van der Waals surface area contributed by atoms with Crippen molar-refractivity contribution < 1.29 is 23.6 Å². The average molecular weight is 379 g/mol. The Hall–Kier alpha value is -1.93. The minimum absolute atomic E-state index is 0.0979. The van der Waals surface area contributed by atoms with E-state index < -0.39 is 41.0 Å². The summed E-state index contributed by atoms with van der Waals surface area (Å²) in [7, 11) is -1.18. The molecule has 0 atom stereocenters. The Morgan fingerprint density at radius 2 is 1.74 bits per heavy atom. The standard InChI is InChI=1S/C19H27BFNO5/c1-17(2,3)13(11-22-10-8-9-12(15(22)23)16(24)25)14(21)20-26-18(4,5)19(6,7)27-20/h8-10H,11H2,1-7H3,(H,24,25). The fraction of sp³-hybridized carbons (Fsp3) is 0.579. The summed E-state index contributed by atoms with van der Waals surface area (Å²) in [4.78, 5) is 23.6. The molecule has 0 spiro atoms. The van der Waals surface area contributed by atoms with Crippen molar-refractivity contribution >= 4 is 13.1 Å². The van der Waals surface area contributed by atoms with Crippen molar-refractivity contribution in [3.05, 3.63) is 45.5 Å². The van der Waals surface area contributed by atoms with E-state index in [1.165, 1.54) is 22.9 Å². The first-order valence-corrected chi connectivity index (χ1v) is 8.85. The Labute approximate surface area is 159 Å². The summed E-state index contributed by atoms with van der Waals surface area (Å²) in [5, 5.41) is 9.14. The molecule has 27 heavy (non-hydrogen) atoms. The van der Waals surface area contributed by atoms with Gasteiger partial charge in [-0.3, -0.25) is 4.79 Å². The number of aromatic nitrogens is 1. The molecule has 8 heteroatoms. The summed E-state index contributed by atoms with van der Waals surface area (Å²) in [6, 6.07) is 2.68. The van der Waals surface area contributed by atoms with Crippen LogP contribution in [0.2, 0.25) is 0 Å². The number of allylic oxidation sites excluding steroid dienone is 1. The molecule has 1 aromatic heterocycles. The largest absolute Gasteiger partial charge is 0.525 e. The van der Waals surface area contributed by atoms with Crippen LogP contribution < -0.4 is 5.56 Å². The molecule has 0 unspecified atom stereocenters. The summed E-state index contributed by atoms with van der Waals surface area (Å²) in [6.07, 6.45) is 1.44. The minimum Gasteiger partial charge on any atom is -0.477 e. The highest BCUT2D eigenvalue weighted by atomic mass is 19.1. The summed E-state index contributed by atoms with van der Waals surface area (Å²) >= 11 is 0. The van der Waals surface area contributed by atoms with Gasteiger partial charge in [0.25, 0.3) is 5.56 Å². The van der Waals surface area contributed by atoms with Gasteiger partial charge in [-0.05, 0) is 50.8 Å². The van der Waals surface area contributed by atoms with E-state index in [1.54, 1.807) is 0 Å². The summed E-state index contributed by atoms with van der Waals surface area (Å²) in [5.74, 6) is -1.32. The second-order valence-corrected chi connectivity index (χ2v) is 8.82. The van der Waals surface area contributed by atoms with Crippen LogP contribution in [0.5, 0.6) is 0 Å². The van der Waals surface area contributed by atoms with Gasteiger partial charge in [0.1, 0.15) is 11.3 Å². The number of rotatable bonds is 4. The number of halogens is 1. The maximum absolute atomic E-state index is 15.4. The van der Waals surface area contributed by atoms with Crippen LogP contribution in [0.15, 0.2) is 34.4 Å². The quantitative estimate of drug-likeness (QED) is 0.811. The molecule has 1 aliphatic heterocycles. The zero-order valence-corrected chi connectivity index (χ0v) is 16.9. The van der Waals surface area contributed by atoms with Crippen molar-refractivity contribution in [3.63, 3.8) is 0 Å². The van der Waals surface area contributed by atoms with Gasteiger partial charge < -0.3 is 19.0 Å². The Balaban J connectivity index is 2.49. The fourth-order valence-electron chi connectivity index (χ4n) is 2.75. The lowest BCUT2D eigenvalue weighted by molar-refractivity contribution is 0.00578. The van der Waals surface area contributed by atoms with Gasteiger partial charge in [0.15, 0.2) is 0 Å². The maximum Gasteiger partial charge on any atom is 0.525 e. The molecule has 2 heterocycles. The topological polar surface area (TPSA) is 77.8 Å². The zero-order chi connectivity index (χ0) is 20.8. The molecule has 1 saturated heterocycles. The lowest BCUT2D eigenvalue weighted by Gasteiger charge is -2.32. The van der Waals surface area contributed by atoms with Crippen molar-refractivity contribution in [1.82, 2.24) is 4.57 Å². The van der Waals surface area contributed by atoms with E-state index in [0.29, 0.717) is 5.57 Å². The maximum atomic E-state index is 15.4. The van der Waals surface area contributed by atoms with Gasteiger partial charge in [0, 0.05) is 12.7 Å². The van der Waals surface area contributed by atoms with Gasteiger partial charge in [-0.25, -0.2) is 9.18 Å². The number of nitrogens with zero attached hydrogens (tertiary/aromatic N) is 1. The third kappa shape index (κ3) is 4.16. The molecule has 0 bridgehead atoms. The van der Waals surface area contributed by atoms with E-state index in [2.05, 4.69) is 0 Å². The summed E-state index contributed by atoms with van der Waals surface area (Å²) in [5.41, 5.74) is -3.35. The van der Waals surface area contributed by atoms with Crippen LogP contribution in [-0.2, 0) is 15.9 Å². The van der Waals surface area contributed by atoms with Gasteiger partial charge >= 0.3 is 13.1 Å². The van der Waals surface area contributed by atoms with Crippen molar-refractivity contribution in [1.29, 1.82) is 0 Å². The molecule has 0 saturated carbocycles. The Morgan fingerprint density at radius 3 is 2.19 bits per heavy atom. The lowest BCUT2D eigenvalue weighted by Crippen LogP contribution is -2.41. The van der Waals surface area contributed by atoms with Gasteiger partial charge in [-0.15, -0.1) is 0 Å². The Kier molecular flexibility index (Phi) is 5.47. The number of carboxylic acids is 1. The van der Waals surface area contributed by atoms with Crippen molar-refractivity contribution in [3.8, 4) is 0 Å². The summed E-state index contributed by atoms with van der Waals surface area (Å²) in [6.45, 7) is 12.7. The molecule has 6 nitrogen and oxygen atoms in total. The van der Waals surface area contributed by atoms with Crippen molar-refractivity contribution in [2.45, 2.75) is 66.2 Å². The molecule has 1 aromatic rings. The molecule has 0 radical (unpaired) electrons. The van der Waals surface area contributed by atoms with Crippen LogP contribution in [0.25, 0.3) is 0 Å². The molecule has 1 fully saturated rings. The van der Waals surface area contributed by atoms with Crippen LogP contribution in [0.1, 0.15) is 58.8 Å². The number of carboxylic acid groups (broad SMARTS) is 1. The lowest BCUT2D eigenvalue weighted by atomic mass is 9.76. The molecule has 148 valence electrons. The van der Waals surface area contributed by atoms with E-state index in [0.717, 1.165) is 0 Å². The molecule has 1 N–H and O–H groups in total. The van der Waals surface area contributed by atoms with Gasteiger partial charge in [0.05, 0.1) is 11.2 Å². The van der Waals surface area contributed by atoms with Gasteiger partial charge in [-0.2, -0.15) is 0 Å². The van der Waals surface area contributed by atoms with Gasteiger partial charge in [-0.1, -0.05) is 20.8 Å². The average Bonchev–Trinajstić information content (AvgIpc) is 2.72. The first kappa shape index (κ1) is 21.4. The molecular weight excluding hydrogens is 352 g/mol. The highest BCUT2D eigenvalue weighted by molar-refractivity contribution is 6.53. The van der Waals surface area contributed by atoms with E-state index in [-0.39, 0.29) is 12.1 Å². The summed E-state index contributed by atoms with van der Waals surface area (Å²) < 4.78 is 28.2. The van der Waals surface area contributed by atoms with Crippen LogP contribution in [0.3, 0.4) is 0 Å². The third-order valence-corrected chi connectivity index (χ3v) is 5.23. The number of hydrogen-bond donors (Lipinski definition) is 1. The number of aromatic carboxylic acids is 1. The number of hydrogen-bond acceptors (Lipinski definition) is 4. The molecule has 0 aliphatic carbocycles. The Bertz CT molecular complexity index is 819. The monoisotopic (exact) mass is 379 g/mol. The molecule has 0 amide bonds. The van der Waals surface area contributed by atoms with Crippen LogP contribution in [0.4, 0.5) is 4.39 Å². The minimum atomic E-state index is -1.32. The van der Waals surface area contributed by atoms with Crippen LogP contribution >= 0.6 is 0 Å². The first-order valence-electron chi connectivity index (χ1n) is 8.85. The molecule has 2 rings (SSSR count). The zero-order valence-electron chi connectivity index (χ0n) is 16.9. The van der Waals surface area contributed by atoms with Crippen molar-refractivity contribution in [2.24, 2.45) is 5.41 Å². The van der Waals surface area contributed by atoms with Gasteiger partial charge in [0.2, 0.25) is 0 Å². The fourth-order valence-corrected chi connectivity index (χ4v) is 2.75. The third-order valence-electron chi connectivity index (χ3n) is 5.23. The number of pyridine rings is 1. The van der Waals surface area contributed by atoms with Crippen LogP contribution in [0, 0.1) is 5.41 Å². The first-order chi connectivity index (χ1) is 12.2. The molecule has 0 aromatic carbocycles. The van der Waals surface area contributed by atoms with Crippen LogP contribution in [-0.4, -0.2) is 34.0 Å². The van der Waals surface area contributed by atoms with Crippen molar-refractivity contribution in [2.75, 3.05) is 0 Å². The smallest absolute Gasteiger partial charge is 0.477 e. The van der Waals surface area contributed by atoms with E-state index in [4.69, 9.17) is 14.4 Å². The second kappa shape index (κ2) is 6.91. The Morgan fingerprint density at radius 1 is 1.22 bits per heavy atom.